The number of nitriles is 1. The summed E-state index contributed by atoms with van der Waals surface area (Å²) in [6.45, 7) is 0. The van der Waals surface area contributed by atoms with Crippen LogP contribution < -0.4 is 10.8 Å². The van der Waals surface area contributed by atoms with Gasteiger partial charge in [0, 0.05) is 5.75 Å². The molecule has 0 unspecified atom stereocenters. The Labute approximate surface area is 102 Å². The molecular weight excluding hydrogens is 243 g/mol. The molecule has 0 fully saturated rings. The fourth-order valence-corrected chi connectivity index (χ4v) is 2.11. The first-order valence-electron chi connectivity index (χ1n) is 4.84. The van der Waals surface area contributed by atoms with Crippen LogP contribution >= 0.6 is 11.8 Å². The van der Waals surface area contributed by atoms with Gasteiger partial charge in [-0.1, -0.05) is 0 Å². The van der Waals surface area contributed by atoms with Crippen molar-refractivity contribution in [1.82, 2.24) is 0 Å². The predicted molar refractivity (Wildman–Crippen MR) is 59.0 cm³/mol. The van der Waals surface area contributed by atoms with Gasteiger partial charge in [0.2, 0.25) is 0 Å². The smallest absolute Gasteiger partial charge is 0.134 e. The van der Waals surface area contributed by atoms with Gasteiger partial charge < -0.3 is 15.6 Å². The number of nitrogens with zero attached hydrogens (tertiary/aromatic N) is 1. The average molecular weight is 254 g/mol. The van der Waals surface area contributed by atoms with Crippen LogP contribution in [0.15, 0.2) is 18.2 Å². The van der Waals surface area contributed by atoms with Gasteiger partial charge in [-0.05, 0) is 23.8 Å². The Morgan fingerprint density at radius 1 is 1.65 bits per heavy atom. The van der Waals surface area contributed by atoms with Crippen LogP contribution in [0.2, 0.25) is 0 Å². The van der Waals surface area contributed by atoms with E-state index >= 15 is 0 Å². The highest BCUT2D eigenvalue weighted by Gasteiger charge is 2.09. The molecule has 1 atom stereocenters. The minimum atomic E-state index is -1.22. The monoisotopic (exact) mass is 254 g/mol. The van der Waals surface area contributed by atoms with Crippen LogP contribution in [-0.2, 0) is 10.5 Å². The van der Waals surface area contributed by atoms with E-state index in [0.717, 1.165) is 0 Å². The summed E-state index contributed by atoms with van der Waals surface area (Å²) in [6.07, 6.45) is 0. The number of carboxylic acid groups (broad SMARTS) is 1. The van der Waals surface area contributed by atoms with Crippen molar-refractivity contribution >= 4 is 17.7 Å². The number of aliphatic carboxylic acids is 1. The first kappa shape index (κ1) is 13.5. The summed E-state index contributed by atoms with van der Waals surface area (Å²) in [5.74, 6) is -1.06. The maximum atomic E-state index is 13.3. The van der Waals surface area contributed by atoms with Crippen LogP contribution in [0.4, 0.5) is 4.39 Å². The number of carboxylic acids is 1. The van der Waals surface area contributed by atoms with Gasteiger partial charge in [-0.2, -0.15) is 17.0 Å². The SMILES string of the molecule is N#Cc1ccc(F)c(CSC[C@H]([NH3+])C(=O)[O-])c1. The summed E-state index contributed by atoms with van der Waals surface area (Å²) in [7, 11) is 0. The Kier molecular flexibility index (Phi) is 4.94. The largest absolute Gasteiger partial charge is 0.544 e. The molecule has 0 radical (unpaired) electrons. The molecule has 0 aromatic heterocycles. The van der Waals surface area contributed by atoms with E-state index in [4.69, 9.17) is 5.26 Å². The topological polar surface area (TPSA) is 91.6 Å². The molecule has 6 heteroatoms. The third-order valence-electron chi connectivity index (χ3n) is 2.08. The molecule has 0 spiro atoms. The van der Waals surface area contributed by atoms with E-state index in [1.54, 1.807) is 0 Å². The Morgan fingerprint density at radius 2 is 2.35 bits per heavy atom. The van der Waals surface area contributed by atoms with Gasteiger partial charge in [-0.15, -0.1) is 0 Å². The lowest BCUT2D eigenvalue weighted by molar-refractivity contribution is -0.431. The molecule has 0 aliphatic heterocycles. The molecule has 3 N–H and O–H groups in total. The van der Waals surface area contributed by atoms with Gasteiger partial charge in [0.1, 0.15) is 11.9 Å². The van der Waals surface area contributed by atoms with Crippen molar-refractivity contribution in [2.75, 3.05) is 5.75 Å². The van der Waals surface area contributed by atoms with Gasteiger partial charge in [0.25, 0.3) is 0 Å². The van der Waals surface area contributed by atoms with Crippen molar-refractivity contribution in [3.63, 3.8) is 0 Å². The number of carbonyl (C=O) groups is 1. The van der Waals surface area contributed by atoms with E-state index in [1.165, 1.54) is 30.0 Å². The standard InChI is InChI=1S/C11H11FN2O2S/c12-9-2-1-7(4-13)3-8(9)5-17-6-10(14)11(15)16/h1-3,10H,5-6,14H2,(H,15,16)/t10-/m0/s1. The Bertz CT molecular complexity index is 459. The van der Waals surface area contributed by atoms with Crippen LogP contribution in [0.3, 0.4) is 0 Å². The van der Waals surface area contributed by atoms with Crippen molar-refractivity contribution in [2.24, 2.45) is 0 Å². The summed E-state index contributed by atoms with van der Waals surface area (Å²) >= 11 is 1.24. The summed E-state index contributed by atoms with van der Waals surface area (Å²) in [6, 6.07) is 5.19. The molecule has 1 rings (SSSR count). The number of rotatable bonds is 5. The van der Waals surface area contributed by atoms with Gasteiger partial charge in [0.15, 0.2) is 0 Å². The first-order valence-corrected chi connectivity index (χ1v) is 6.00. The minimum absolute atomic E-state index is 0.249. The van der Waals surface area contributed by atoms with E-state index in [1.807, 2.05) is 6.07 Å². The number of quaternary nitrogens is 1. The summed E-state index contributed by atoms with van der Waals surface area (Å²) in [5, 5.41) is 19.1. The zero-order valence-electron chi connectivity index (χ0n) is 8.98. The lowest BCUT2D eigenvalue weighted by atomic mass is 10.1. The number of thioether (sulfide) groups is 1. The van der Waals surface area contributed by atoms with Crippen LogP contribution in [0.25, 0.3) is 0 Å². The second-order valence-electron chi connectivity index (χ2n) is 3.45. The summed E-state index contributed by atoms with van der Waals surface area (Å²) < 4.78 is 13.3. The fourth-order valence-electron chi connectivity index (χ4n) is 1.13. The zero-order valence-corrected chi connectivity index (χ0v) is 9.80. The maximum Gasteiger partial charge on any atom is 0.134 e. The van der Waals surface area contributed by atoms with E-state index in [-0.39, 0.29) is 5.75 Å². The number of benzene rings is 1. The molecule has 0 amide bonds. The second kappa shape index (κ2) is 6.23. The molecule has 1 aromatic carbocycles. The number of carbonyl (C=O) groups excluding carboxylic acids is 1. The predicted octanol–water partition coefficient (Wildman–Crippen LogP) is -0.709. The minimum Gasteiger partial charge on any atom is -0.544 e. The Balaban J connectivity index is 2.58. The highest BCUT2D eigenvalue weighted by Crippen LogP contribution is 2.17. The van der Waals surface area contributed by atoms with Gasteiger partial charge in [-0.3, -0.25) is 0 Å². The molecule has 0 saturated heterocycles. The van der Waals surface area contributed by atoms with Crippen LogP contribution in [0.5, 0.6) is 0 Å². The molecule has 17 heavy (non-hydrogen) atoms. The molecule has 0 heterocycles. The molecule has 0 saturated carbocycles. The van der Waals surface area contributed by atoms with Gasteiger partial charge >= 0.3 is 0 Å². The zero-order chi connectivity index (χ0) is 12.8. The van der Waals surface area contributed by atoms with Crippen molar-refractivity contribution in [1.29, 1.82) is 5.26 Å². The van der Waals surface area contributed by atoms with Crippen molar-refractivity contribution in [3.05, 3.63) is 35.1 Å². The number of halogens is 1. The molecule has 0 bridgehead atoms. The average Bonchev–Trinajstić information content (AvgIpc) is 2.31. The summed E-state index contributed by atoms with van der Waals surface area (Å²) in [5.41, 5.74) is 4.17. The van der Waals surface area contributed by atoms with E-state index in [2.05, 4.69) is 5.73 Å². The van der Waals surface area contributed by atoms with E-state index in [9.17, 15) is 14.3 Å². The second-order valence-corrected chi connectivity index (χ2v) is 4.48. The van der Waals surface area contributed by atoms with Crippen molar-refractivity contribution < 1.29 is 20.0 Å². The molecule has 1 aromatic rings. The van der Waals surface area contributed by atoms with E-state index in [0.29, 0.717) is 16.9 Å². The van der Waals surface area contributed by atoms with Gasteiger partial charge in [0.05, 0.1) is 23.4 Å². The fraction of sp³-hybridized carbons (Fsp3) is 0.273. The molecule has 0 aliphatic rings. The lowest BCUT2D eigenvalue weighted by Gasteiger charge is -2.09. The first-order chi connectivity index (χ1) is 8.04. The quantitative estimate of drug-likeness (QED) is 0.751. The molecular formula is C11H11FN2O2S. The lowest BCUT2D eigenvalue weighted by Crippen LogP contribution is -2.69. The number of hydrogen-bond acceptors (Lipinski definition) is 4. The van der Waals surface area contributed by atoms with Crippen molar-refractivity contribution in [3.8, 4) is 6.07 Å². The van der Waals surface area contributed by atoms with Crippen LogP contribution in [0.1, 0.15) is 11.1 Å². The highest BCUT2D eigenvalue weighted by molar-refractivity contribution is 7.98. The van der Waals surface area contributed by atoms with E-state index < -0.39 is 17.8 Å². The third-order valence-corrected chi connectivity index (χ3v) is 3.24. The third kappa shape index (κ3) is 4.06. The molecule has 90 valence electrons. The maximum absolute atomic E-state index is 13.3. The van der Waals surface area contributed by atoms with Gasteiger partial charge in [-0.25, -0.2) is 4.39 Å². The normalized spacial score (nSPS) is 11.8. The Hall–Kier alpha value is -1.58. The molecule has 0 aliphatic carbocycles. The Morgan fingerprint density at radius 3 is 2.94 bits per heavy atom. The molecule has 4 nitrogen and oxygen atoms in total. The van der Waals surface area contributed by atoms with Crippen LogP contribution in [-0.4, -0.2) is 17.8 Å². The summed E-state index contributed by atoms with van der Waals surface area (Å²) in [4.78, 5) is 10.4. The van der Waals surface area contributed by atoms with Crippen molar-refractivity contribution in [2.45, 2.75) is 11.8 Å². The number of hydrogen-bond donors (Lipinski definition) is 1. The van der Waals surface area contributed by atoms with Crippen LogP contribution in [0, 0.1) is 17.1 Å². The highest BCUT2D eigenvalue weighted by atomic mass is 32.2.